The maximum Gasteiger partial charge on any atom is 0.251 e. The van der Waals surface area contributed by atoms with Crippen LogP contribution in [-0.2, 0) is 14.4 Å². The van der Waals surface area contributed by atoms with Crippen molar-refractivity contribution in [2.75, 3.05) is 29.5 Å². The van der Waals surface area contributed by atoms with Crippen molar-refractivity contribution in [2.45, 2.75) is 35.4 Å². The van der Waals surface area contributed by atoms with E-state index in [-0.39, 0.29) is 24.3 Å². The van der Waals surface area contributed by atoms with E-state index in [9.17, 15) is 19.5 Å². The van der Waals surface area contributed by atoms with Crippen LogP contribution >= 0.6 is 11.8 Å². The fourth-order valence-corrected chi connectivity index (χ4v) is 9.58. The number of aliphatic hydroxyl groups excluding tert-OH is 1. The van der Waals surface area contributed by atoms with Gasteiger partial charge >= 0.3 is 0 Å². The molecule has 1 unspecified atom stereocenters. The lowest BCUT2D eigenvalue weighted by molar-refractivity contribution is -0.141. The lowest BCUT2D eigenvalue weighted by atomic mass is 9.74. The van der Waals surface area contributed by atoms with E-state index in [1.807, 2.05) is 97.9 Å². The van der Waals surface area contributed by atoms with Crippen LogP contribution in [0.25, 0.3) is 10.8 Å². The molecule has 0 radical (unpaired) electrons. The number of anilines is 2. The molecule has 2 fully saturated rings. The first-order chi connectivity index (χ1) is 20.3. The zero-order valence-corrected chi connectivity index (χ0v) is 24.4. The molecule has 0 bridgehead atoms. The molecule has 4 aliphatic rings. The number of amides is 3. The number of carbonyl (C=O) groups is 3. The third kappa shape index (κ3) is 3.81. The predicted molar refractivity (Wildman–Crippen MR) is 166 cm³/mol. The first kappa shape index (κ1) is 27.0. The van der Waals surface area contributed by atoms with Crippen molar-refractivity contribution in [3.05, 3.63) is 97.1 Å². The van der Waals surface area contributed by atoms with Crippen molar-refractivity contribution in [1.29, 1.82) is 0 Å². The number of carbonyl (C=O) groups excluding carboxylic acids is 3. The van der Waals surface area contributed by atoms with Gasteiger partial charge in [-0.05, 0) is 48.9 Å². The lowest BCUT2D eigenvalue weighted by Crippen LogP contribution is -2.56. The summed E-state index contributed by atoms with van der Waals surface area (Å²) in [5.41, 5.74) is 1.53. The van der Waals surface area contributed by atoms with Crippen molar-refractivity contribution < 1.29 is 19.5 Å². The third-order valence-electron chi connectivity index (χ3n) is 9.35. The van der Waals surface area contributed by atoms with Crippen LogP contribution in [0.15, 0.2) is 97.1 Å². The van der Waals surface area contributed by atoms with Crippen LogP contribution in [0.1, 0.15) is 13.8 Å². The quantitative estimate of drug-likeness (QED) is 0.463. The van der Waals surface area contributed by atoms with Crippen LogP contribution < -0.4 is 9.80 Å². The molecule has 1 spiro atoms. The second kappa shape index (κ2) is 9.85. The second-order valence-electron chi connectivity index (χ2n) is 11.8. The van der Waals surface area contributed by atoms with Gasteiger partial charge in [0.05, 0.1) is 29.2 Å². The summed E-state index contributed by atoms with van der Waals surface area (Å²) in [6.07, 6.45) is 8.06. The number of nitrogens with zero attached hydrogens (tertiary/aromatic N) is 3. The summed E-state index contributed by atoms with van der Waals surface area (Å²) < 4.78 is -1.67. The van der Waals surface area contributed by atoms with Crippen LogP contribution in [0.4, 0.5) is 11.4 Å². The van der Waals surface area contributed by atoms with Gasteiger partial charge in [-0.25, -0.2) is 0 Å². The smallest absolute Gasteiger partial charge is 0.251 e. The van der Waals surface area contributed by atoms with Gasteiger partial charge < -0.3 is 19.8 Å². The Morgan fingerprint density at radius 1 is 0.810 bits per heavy atom. The van der Waals surface area contributed by atoms with E-state index < -0.39 is 33.4 Å². The number of para-hydroxylation sites is 1. The van der Waals surface area contributed by atoms with Gasteiger partial charge in [0, 0.05) is 29.2 Å². The molecular weight excluding hydrogens is 546 g/mol. The van der Waals surface area contributed by atoms with E-state index in [0.717, 1.165) is 22.1 Å². The molecule has 7 rings (SSSR count). The topological polar surface area (TPSA) is 81.2 Å². The van der Waals surface area contributed by atoms with Gasteiger partial charge in [-0.3, -0.25) is 14.4 Å². The SMILES string of the molecule is C[C@H](CO)N1C(=O)[C@@H]2[C@@H]3C(=O)N(c4ccccc4)CC=C[C@]3(C)S[C@@]23C=CCN(c2ccc4ccccc4c2)C(=O)C13. The molecule has 7 nitrogen and oxygen atoms in total. The summed E-state index contributed by atoms with van der Waals surface area (Å²) in [6.45, 7) is 4.26. The normalized spacial score (nSPS) is 31.2. The Hall–Kier alpha value is -3.88. The minimum absolute atomic E-state index is 0.120. The average Bonchev–Trinajstić information content (AvgIpc) is 3.28. The minimum Gasteiger partial charge on any atom is -0.394 e. The summed E-state index contributed by atoms with van der Waals surface area (Å²) in [5.74, 6) is -2.01. The fourth-order valence-electron chi connectivity index (χ4n) is 7.44. The number of rotatable bonds is 4. The molecule has 1 N–H and O–H groups in total. The van der Waals surface area contributed by atoms with Gasteiger partial charge in [0.25, 0.3) is 5.91 Å². The molecule has 0 aliphatic carbocycles. The summed E-state index contributed by atoms with van der Waals surface area (Å²) >= 11 is 1.55. The van der Waals surface area contributed by atoms with Crippen LogP contribution in [-0.4, -0.2) is 69.0 Å². The number of likely N-dealkylation sites (tertiary alicyclic amines) is 1. The van der Waals surface area contributed by atoms with Gasteiger partial charge in [-0.2, -0.15) is 0 Å². The summed E-state index contributed by atoms with van der Waals surface area (Å²) in [6, 6.07) is 22.0. The van der Waals surface area contributed by atoms with E-state index in [1.54, 1.807) is 33.4 Å². The van der Waals surface area contributed by atoms with E-state index in [0.29, 0.717) is 13.1 Å². The maximum absolute atomic E-state index is 14.7. The fraction of sp³-hybridized carbons (Fsp3) is 0.324. The van der Waals surface area contributed by atoms with Gasteiger partial charge in [-0.1, -0.05) is 72.8 Å². The van der Waals surface area contributed by atoms with Gasteiger partial charge in [0.2, 0.25) is 11.8 Å². The standard InChI is InChI=1S/C34H33N3O4S/c1-22(21-38)37-29-32(41)36(26-15-14-23-10-6-7-11-24(23)20-26)19-9-17-34(29)28(31(37)40)27-30(39)35(25-12-4-3-5-13-25)18-8-16-33(27,2)42-34/h3-17,20,22,27-29,38H,18-19,21H2,1-2H3/t22-,27-,28+,29?,33+,34+/m1/s1. The number of hydrogen-bond acceptors (Lipinski definition) is 5. The molecule has 3 amide bonds. The number of thioether (sulfide) groups is 1. The molecular formula is C34H33N3O4S. The predicted octanol–water partition coefficient (Wildman–Crippen LogP) is 4.41. The highest BCUT2D eigenvalue weighted by Gasteiger charge is 2.74. The highest BCUT2D eigenvalue weighted by Crippen LogP contribution is 2.66. The Kier molecular flexibility index (Phi) is 6.33. The molecule has 8 heteroatoms. The Morgan fingerprint density at radius 2 is 1.48 bits per heavy atom. The summed E-state index contributed by atoms with van der Waals surface area (Å²) in [5, 5.41) is 12.4. The van der Waals surface area contributed by atoms with Gasteiger partial charge in [0.1, 0.15) is 6.04 Å². The molecule has 6 atom stereocenters. The van der Waals surface area contributed by atoms with Crippen molar-refractivity contribution in [3.63, 3.8) is 0 Å². The van der Waals surface area contributed by atoms with Crippen LogP contribution in [0.3, 0.4) is 0 Å². The van der Waals surface area contributed by atoms with Crippen LogP contribution in [0, 0.1) is 11.8 Å². The van der Waals surface area contributed by atoms with Crippen LogP contribution in [0.2, 0.25) is 0 Å². The van der Waals surface area contributed by atoms with Gasteiger partial charge in [-0.15, -0.1) is 11.8 Å². The van der Waals surface area contributed by atoms with Gasteiger partial charge in [0.15, 0.2) is 0 Å². The molecule has 0 saturated carbocycles. The van der Waals surface area contributed by atoms with E-state index in [2.05, 4.69) is 6.08 Å². The summed E-state index contributed by atoms with van der Waals surface area (Å²) in [4.78, 5) is 48.7. The third-order valence-corrected chi connectivity index (χ3v) is 11.1. The zero-order valence-electron chi connectivity index (χ0n) is 23.6. The Morgan fingerprint density at radius 3 is 2.21 bits per heavy atom. The maximum atomic E-state index is 14.7. The molecule has 3 aromatic carbocycles. The molecule has 42 heavy (non-hydrogen) atoms. The lowest BCUT2D eigenvalue weighted by Gasteiger charge is -2.38. The Bertz CT molecular complexity index is 1660. The van der Waals surface area contributed by atoms with E-state index >= 15 is 0 Å². The second-order valence-corrected chi connectivity index (χ2v) is 13.6. The Balaban J connectivity index is 1.35. The molecule has 214 valence electrons. The van der Waals surface area contributed by atoms with Crippen molar-refractivity contribution in [3.8, 4) is 0 Å². The first-order valence-electron chi connectivity index (χ1n) is 14.4. The minimum atomic E-state index is -0.970. The molecule has 0 aromatic heterocycles. The molecule has 3 aromatic rings. The largest absolute Gasteiger partial charge is 0.394 e. The molecule has 4 heterocycles. The number of hydrogen-bond donors (Lipinski definition) is 1. The monoisotopic (exact) mass is 579 g/mol. The highest BCUT2D eigenvalue weighted by molar-refractivity contribution is 8.02. The highest BCUT2D eigenvalue weighted by atomic mass is 32.2. The van der Waals surface area contributed by atoms with Crippen molar-refractivity contribution >= 4 is 51.6 Å². The molecule has 4 aliphatic heterocycles. The summed E-state index contributed by atoms with van der Waals surface area (Å²) in [7, 11) is 0. The molecule has 2 saturated heterocycles. The first-order valence-corrected chi connectivity index (χ1v) is 15.3. The van der Waals surface area contributed by atoms with E-state index in [1.165, 1.54) is 0 Å². The van der Waals surface area contributed by atoms with Crippen LogP contribution in [0.5, 0.6) is 0 Å². The average molecular weight is 580 g/mol. The number of benzene rings is 3. The van der Waals surface area contributed by atoms with Crippen molar-refractivity contribution in [2.24, 2.45) is 11.8 Å². The zero-order chi connectivity index (χ0) is 29.2. The number of aliphatic hydroxyl groups is 1. The van der Waals surface area contributed by atoms with Crippen molar-refractivity contribution in [1.82, 2.24) is 4.90 Å². The Labute approximate surface area is 249 Å². The van der Waals surface area contributed by atoms with E-state index in [4.69, 9.17) is 0 Å². The number of fused-ring (bicyclic) bond motifs is 3.